The fraction of sp³-hybridized carbons (Fsp3) is 0.368. The molecule has 0 aliphatic heterocycles. The molecule has 0 bridgehead atoms. The minimum atomic E-state index is -0.422. The number of aryl methyl sites for hydroxylation is 3. The summed E-state index contributed by atoms with van der Waals surface area (Å²) in [5.74, 6) is 1.09. The normalized spacial score (nSPS) is 16.0. The fourth-order valence-corrected chi connectivity index (χ4v) is 3.36. The van der Waals surface area contributed by atoms with E-state index in [4.69, 9.17) is 4.42 Å². The molecule has 0 radical (unpaired) electrons. The second-order valence-corrected chi connectivity index (χ2v) is 6.40. The van der Waals surface area contributed by atoms with E-state index in [1.54, 1.807) is 19.9 Å². The zero-order valence-corrected chi connectivity index (χ0v) is 14.5. The molecule has 2 aromatic rings. The van der Waals surface area contributed by atoms with Gasteiger partial charge in [0.15, 0.2) is 0 Å². The maximum atomic E-state index is 12.0. The van der Waals surface area contributed by atoms with Crippen LogP contribution in [0.2, 0.25) is 0 Å². The van der Waals surface area contributed by atoms with Gasteiger partial charge in [-0.25, -0.2) is 10.2 Å². The first-order chi connectivity index (χ1) is 12.0. The lowest BCUT2D eigenvalue weighted by atomic mass is 9.83. The van der Waals surface area contributed by atoms with Crippen LogP contribution >= 0.6 is 0 Å². The van der Waals surface area contributed by atoms with E-state index in [-0.39, 0.29) is 0 Å². The topological polar surface area (TPSA) is 83.4 Å². The molecule has 1 aromatic carbocycles. The number of hydrogen-bond donors (Lipinski definition) is 3. The Bertz CT molecular complexity index is 782. The van der Waals surface area contributed by atoms with Crippen molar-refractivity contribution in [2.24, 2.45) is 0 Å². The van der Waals surface area contributed by atoms with Crippen molar-refractivity contribution in [2.75, 3.05) is 6.54 Å². The van der Waals surface area contributed by atoms with Crippen molar-refractivity contribution in [3.63, 3.8) is 0 Å². The van der Waals surface area contributed by atoms with Crippen LogP contribution in [-0.4, -0.2) is 18.5 Å². The molecule has 3 rings (SSSR count). The molecule has 0 saturated carbocycles. The zero-order chi connectivity index (χ0) is 17.8. The quantitative estimate of drug-likeness (QED) is 0.751. The van der Waals surface area contributed by atoms with Crippen molar-refractivity contribution < 1.29 is 14.0 Å². The van der Waals surface area contributed by atoms with Crippen LogP contribution in [0.4, 0.5) is 4.79 Å². The van der Waals surface area contributed by atoms with Crippen molar-refractivity contribution in [1.82, 2.24) is 16.2 Å². The van der Waals surface area contributed by atoms with Gasteiger partial charge in [-0.3, -0.25) is 10.2 Å². The van der Waals surface area contributed by atoms with Crippen molar-refractivity contribution in [1.29, 1.82) is 0 Å². The van der Waals surface area contributed by atoms with Gasteiger partial charge in [-0.05, 0) is 50.3 Å². The molecule has 0 saturated heterocycles. The number of furan rings is 1. The maximum Gasteiger partial charge on any atom is 0.333 e. The molecule has 6 heteroatoms. The van der Waals surface area contributed by atoms with Crippen LogP contribution in [0.3, 0.4) is 0 Å². The standard InChI is InChI=1S/C19H23N3O3/c1-12-10-17(13(2)25-12)18(23)21-22-19(24)20-11-15-8-5-7-14-6-3-4-9-16(14)15/h3-4,6,9-10,15H,5,7-8,11H2,1-2H3,(H,21,23)(H2,20,22,24). The third kappa shape index (κ3) is 4.02. The summed E-state index contributed by atoms with van der Waals surface area (Å²) in [6, 6.07) is 9.59. The number of hydrogen-bond acceptors (Lipinski definition) is 3. The van der Waals surface area contributed by atoms with E-state index in [0.29, 0.717) is 29.5 Å². The number of fused-ring (bicyclic) bond motifs is 1. The number of hydrazine groups is 1. The highest BCUT2D eigenvalue weighted by molar-refractivity contribution is 5.96. The number of nitrogens with one attached hydrogen (secondary N) is 3. The lowest BCUT2D eigenvalue weighted by Gasteiger charge is -2.25. The zero-order valence-electron chi connectivity index (χ0n) is 14.5. The van der Waals surface area contributed by atoms with Gasteiger partial charge in [0.25, 0.3) is 5.91 Å². The molecular weight excluding hydrogens is 318 g/mol. The van der Waals surface area contributed by atoms with Crippen LogP contribution in [0.1, 0.15) is 51.8 Å². The summed E-state index contributed by atoms with van der Waals surface area (Å²) in [7, 11) is 0. The maximum absolute atomic E-state index is 12.0. The molecule has 0 spiro atoms. The summed E-state index contributed by atoms with van der Waals surface area (Å²) < 4.78 is 5.31. The van der Waals surface area contributed by atoms with E-state index in [1.807, 2.05) is 6.07 Å². The number of amides is 3. The van der Waals surface area contributed by atoms with Crippen LogP contribution in [0.25, 0.3) is 0 Å². The average molecular weight is 341 g/mol. The molecule has 132 valence electrons. The molecule has 1 aromatic heterocycles. The van der Waals surface area contributed by atoms with Gasteiger partial charge in [0.05, 0.1) is 5.56 Å². The molecule has 6 nitrogen and oxygen atoms in total. The summed E-state index contributed by atoms with van der Waals surface area (Å²) in [5.41, 5.74) is 7.87. The Hall–Kier alpha value is -2.76. The highest BCUT2D eigenvalue weighted by Crippen LogP contribution is 2.30. The molecule has 1 heterocycles. The predicted octanol–water partition coefficient (Wildman–Crippen LogP) is 2.96. The van der Waals surface area contributed by atoms with Gasteiger partial charge in [0.2, 0.25) is 0 Å². The van der Waals surface area contributed by atoms with E-state index in [2.05, 4.69) is 34.4 Å². The van der Waals surface area contributed by atoms with E-state index in [0.717, 1.165) is 19.3 Å². The molecule has 3 amide bonds. The Morgan fingerprint density at radius 3 is 2.76 bits per heavy atom. The molecule has 25 heavy (non-hydrogen) atoms. The Morgan fingerprint density at radius 1 is 1.20 bits per heavy atom. The van der Waals surface area contributed by atoms with Gasteiger partial charge >= 0.3 is 6.03 Å². The Balaban J connectivity index is 1.49. The first kappa shape index (κ1) is 17.1. The van der Waals surface area contributed by atoms with E-state index < -0.39 is 11.9 Å². The minimum absolute atomic E-state index is 0.310. The lowest BCUT2D eigenvalue weighted by molar-refractivity contribution is 0.0934. The van der Waals surface area contributed by atoms with Crippen LogP contribution in [0.5, 0.6) is 0 Å². The van der Waals surface area contributed by atoms with E-state index in [1.165, 1.54) is 11.1 Å². The Kier molecular flexibility index (Phi) is 5.07. The monoisotopic (exact) mass is 341 g/mol. The molecule has 0 fully saturated rings. The highest BCUT2D eigenvalue weighted by Gasteiger charge is 2.20. The van der Waals surface area contributed by atoms with Gasteiger partial charge in [-0.15, -0.1) is 0 Å². The molecule has 3 N–H and O–H groups in total. The fourth-order valence-electron chi connectivity index (χ4n) is 3.36. The Morgan fingerprint density at radius 2 is 2.00 bits per heavy atom. The lowest BCUT2D eigenvalue weighted by Crippen LogP contribution is -2.47. The van der Waals surface area contributed by atoms with Crippen LogP contribution in [-0.2, 0) is 6.42 Å². The summed E-state index contributed by atoms with van der Waals surface area (Å²) in [5, 5.41) is 2.83. The number of carbonyl (C=O) groups is 2. The number of carbonyl (C=O) groups excluding carboxylic acids is 2. The smallest absolute Gasteiger partial charge is 0.333 e. The second-order valence-electron chi connectivity index (χ2n) is 6.40. The SMILES string of the molecule is Cc1cc(C(=O)NNC(=O)NCC2CCCc3ccccc32)c(C)o1. The first-order valence-electron chi connectivity index (χ1n) is 8.53. The molecule has 1 aliphatic rings. The summed E-state index contributed by atoms with van der Waals surface area (Å²) in [6.45, 7) is 4.02. The highest BCUT2D eigenvalue weighted by atomic mass is 16.3. The van der Waals surface area contributed by atoms with Crippen molar-refractivity contribution >= 4 is 11.9 Å². The molecule has 1 unspecified atom stereocenters. The van der Waals surface area contributed by atoms with Gasteiger partial charge < -0.3 is 9.73 Å². The van der Waals surface area contributed by atoms with Gasteiger partial charge in [0.1, 0.15) is 11.5 Å². The van der Waals surface area contributed by atoms with Crippen LogP contribution in [0.15, 0.2) is 34.7 Å². The average Bonchev–Trinajstić information content (AvgIpc) is 2.96. The van der Waals surface area contributed by atoms with Gasteiger partial charge in [-0.1, -0.05) is 24.3 Å². The van der Waals surface area contributed by atoms with Crippen molar-refractivity contribution in [3.05, 3.63) is 58.5 Å². The summed E-state index contributed by atoms with van der Waals surface area (Å²) >= 11 is 0. The van der Waals surface area contributed by atoms with Crippen molar-refractivity contribution in [2.45, 2.75) is 39.0 Å². The summed E-state index contributed by atoms with van der Waals surface area (Å²) in [6.07, 6.45) is 3.27. The molecular formula is C19H23N3O3. The van der Waals surface area contributed by atoms with E-state index in [9.17, 15) is 9.59 Å². The summed E-state index contributed by atoms with van der Waals surface area (Å²) in [4.78, 5) is 24.0. The number of benzene rings is 1. The van der Waals surface area contributed by atoms with E-state index >= 15 is 0 Å². The Labute approximate surface area is 147 Å². The van der Waals surface area contributed by atoms with Crippen LogP contribution in [0, 0.1) is 13.8 Å². The minimum Gasteiger partial charge on any atom is -0.466 e. The van der Waals surface area contributed by atoms with Gasteiger partial charge in [-0.2, -0.15) is 0 Å². The number of urea groups is 1. The third-order valence-electron chi connectivity index (χ3n) is 4.58. The van der Waals surface area contributed by atoms with Crippen LogP contribution < -0.4 is 16.2 Å². The first-order valence-corrected chi connectivity index (χ1v) is 8.53. The van der Waals surface area contributed by atoms with Gasteiger partial charge in [0, 0.05) is 12.5 Å². The predicted molar refractivity (Wildman–Crippen MR) is 94.3 cm³/mol. The number of rotatable bonds is 3. The second kappa shape index (κ2) is 7.42. The largest absolute Gasteiger partial charge is 0.466 e. The van der Waals surface area contributed by atoms with Crippen molar-refractivity contribution in [3.8, 4) is 0 Å². The molecule has 1 aliphatic carbocycles. The molecule has 1 atom stereocenters. The third-order valence-corrected chi connectivity index (χ3v) is 4.58.